The molecule has 3 heteroatoms. The van der Waals surface area contributed by atoms with Crippen LogP contribution in [0.4, 0.5) is 5.69 Å². The first-order valence-electron chi connectivity index (χ1n) is 8.00. The molecular weight excluding hydrogens is 274 g/mol. The first-order valence-corrected chi connectivity index (χ1v) is 8.00. The van der Waals surface area contributed by atoms with Crippen LogP contribution in [0.2, 0.25) is 0 Å². The summed E-state index contributed by atoms with van der Waals surface area (Å²) in [7, 11) is 0. The van der Waals surface area contributed by atoms with Gasteiger partial charge in [-0.05, 0) is 55.3 Å². The Morgan fingerprint density at radius 2 is 1.73 bits per heavy atom. The van der Waals surface area contributed by atoms with Crippen LogP contribution in [0.3, 0.4) is 0 Å². The zero-order valence-corrected chi connectivity index (χ0v) is 13.5. The zero-order valence-electron chi connectivity index (χ0n) is 13.5. The molecule has 0 aliphatic carbocycles. The van der Waals surface area contributed by atoms with Crippen LogP contribution >= 0.6 is 0 Å². The molecule has 3 nitrogen and oxygen atoms in total. The normalized spacial score (nSPS) is 10.3. The van der Waals surface area contributed by atoms with Gasteiger partial charge >= 0.3 is 0 Å². The third-order valence-electron chi connectivity index (χ3n) is 3.33. The topological polar surface area (TPSA) is 30.5 Å². The lowest BCUT2D eigenvalue weighted by atomic mass is 10.2. The van der Waals surface area contributed by atoms with Gasteiger partial charge in [-0.2, -0.15) is 0 Å². The molecular formula is C19H25NO2. The smallest absolute Gasteiger partial charge is 0.119 e. The lowest BCUT2D eigenvalue weighted by Gasteiger charge is -2.10. The van der Waals surface area contributed by atoms with Crippen molar-refractivity contribution in [1.82, 2.24) is 0 Å². The van der Waals surface area contributed by atoms with Crippen LogP contribution in [0.5, 0.6) is 11.5 Å². The second-order valence-electron chi connectivity index (χ2n) is 5.16. The maximum atomic E-state index is 5.74. The quantitative estimate of drug-likeness (QED) is 0.670. The molecule has 0 amide bonds. The van der Waals surface area contributed by atoms with E-state index in [0.29, 0.717) is 6.61 Å². The minimum atomic E-state index is 0.692. The number of nitrogens with one attached hydrogen (secondary N) is 1. The van der Waals surface area contributed by atoms with E-state index in [1.165, 1.54) is 5.56 Å². The highest BCUT2D eigenvalue weighted by Crippen LogP contribution is 2.18. The van der Waals surface area contributed by atoms with Crippen LogP contribution in [0.25, 0.3) is 0 Å². The molecule has 0 unspecified atom stereocenters. The van der Waals surface area contributed by atoms with Gasteiger partial charge in [-0.15, -0.1) is 0 Å². The van der Waals surface area contributed by atoms with Crippen LogP contribution in [-0.2, 0) is 6.54 Å². The van der Waals surface area contributed by atoms with E-state index in [2.05, 4.69) is 24.4 Å². The molecule has 0 aliphatic heterocycles. The summed E-state index contributed by atoms with van der Waals surface area (Å²) in [5.74, 6) is 1.85. The molecule has 0 aromatic heterocycles. The van der Waals surface area contributed by atoms with Crippen molar-refractivity contribution in [1.29, 1.82) is 0 Å². The monoisotopic (exact) mass is 299 g/mol. The van der Waals surface area contributed by atoms with Crippen molar-refractivity contribution in [2.45, 2.75) is 33.2 Å². The fourth-order valence-corrected chi connectivity index (χ4v) is 2.12. The van der Waals surface area contributed by atoms with Gasteiger partial charge in [0.1, 0.15) is 11.5 Å². The Labute approximate surface area is 133 Å². The largest absolute Gasteiger partial charge is 0.494 e. The summed E-state index contributed by atoms with van der Waals surface area (Å²) >= 11 is 0. The van der Waals surface area contributed by atoms with E-state index in [4.69, 9.17) is 9.47 Å². The summed E-state index contributed by atoms with van der Waals surface area (Å²) in [6, 6.07) is 16.3. The molecule has 2 aromatic carbocycles. The van der Waals surface area contributed by atoms with Gasteiger partial charge in [0, 0.05) is 12.2 Å². The number of unbranched alkanes of at least 4 members (excludes halogenated alkanes) is 1. The molecule has 0 radical (unpaired) electrons. The number of hydrogen-bond donors (Lipinski definition) is 1. The first-order chi connectivity index (χ1) is 10.8. The number of benzene rings is 2. The van der Waals surface area contributed by atoms with Crippen LogP contribution in [0.1, 0.15) is 32.3 Å². The average Bonchev–Trinajstić information content (AvgIpc) is 2.55. The lowest BCUT2D eigenvalue weighted by Crippen LogP contribution is -2.01. The Morgan fingerprint density at radius 1 is 0.909 bits per heavy atom. The summed E-state index contributed by atoms with van der Waals surface area (Å²) < 4.78 is 11.2. The molecule has 0 heterocycles. The molecule has 22 heavy (non-hydrogen) atoms. The fourth-order valence-electron chi connectivity index (χ4n) is 2.12. The molecule has 0 bridgehead atoms. The zero-order chi connectivity index (χ0) is 15.6. The van der Waals surface area contributed by atoms with E-state index in [0.717, 1.165) is 43.2 Å². The van der Waals surface area contributed by atoms with Crippen molar-refractivity contribution in [3.05, 3.63) is 54.1 Å². The summed E-state index contributed by atoms with van der Waals surface area (Å²) in [5.41, 5.74) is 2.30. The summed E-state index contributed by atoms with van der Waals surface area (Å²) in [5, 5.41) is 3.41. The molecule has 0 saturated carbocycles. The molecule has 0 spiro atoms. The predicted molar refractivity (Wildman–Crippen MR) is 91.8 cm³/mol. The number of rotatable bonds is 9. The van der Waals surface area contributed by atoms with Gasteiger partial charge in [-0.3, -0.25) is 0 Å². The highest BCUT2D eigenvalue weighted by molar-refractivity contribution is 5.47. The van der Waals surface area contributed by atoms with Crippen LogP contribution in [0, 0.1) is 0 Å². The van der Waals surface area contributed by atoms with E-state index >= 15 is 0 Å². The van der Waals surface area contributed by atoms with Crippen molar-refractivity contribution in [3.8, 4) is 11.5 Å². The van der Waals surface area contributed by atoms with Crippen LogP contribution in [-0.4, -0.2) is 13.2 Å². The minimum Gasteiger partial charge on any atom is -0.494 e. The standard InChI is InChI=1S/C19H25NO2/c1-3-5-13-22-19-8-6-7-16(14-19)15-20-17-9-11-18(12-10-17)21-4-2/h6-12,14,20H,3-5,13,15H2,1-2H3. The van der Waals surface area contributed by atoms with Gasteiger partial charge in [0.25, 0.3) is 0 Å². The Kier molecular flexibility index (Phi) is 6.62. The van der Waals surface area contributed by atoms with E-state index in [9.17, 15) is 0 Å². The van der Waals surface area contributed by atoms with Crippen molar-refractivity contribution < 1.29 is 9.47 Å². The predicted octanol–water partition coefficient (Wildman–Crippen LogP) is 4.88. The van der Waals surface area contributed by atoms with E-state index in [1.807, 2.05) is 43.3 Å². The molecule has 2 aromatic rings. The van der Waals surface area contributed by atoms with Crippen LogP contribution in [0.15, 0.2) is 48.5 Å². The molecule has 0 fully saturated rings. The second kappa shape index (κ2) is 8.98. The molecule has 1 N–H and O–H groups in total. The Bertz CT molecular complexity index is 552. The summed E-state index contributed by atoms with van der Waals surface area (Å²) in [6.07, 6.45) is 2.24. The van der Waals surface area contributed by atoms with E-state index < -0.39 is 0 Å². The Hall–Kier alpha value is -2.16. The molecule has 0 aliphatic rings. The number of hydrogen-bond acceptors (Lipinski definition) is 3. The number of ether oxygens (including phenoxy) is 2. The van der Waals surface area contributed by atoms with Gasteiger partial charge in [0.2, 0.25) is 0 Å². The van der Waals surface area contributed by atoms with Gasteiger partial charge in [-0.25, -0.2) is 0 Å². The molecule has 0 atom stereocenters. The third kappa shape index (κ3) is 5.32. The van der Waals surface area contributed by atoms with E-state index in [-0.39, 0.29) is 0 Å². The Morgan fingerprint density at radius 3 is 2.45 bits per heavy atom. The van der Waals surface area contributed by atoms with Gasteiger partial charge < -0.3 is 14.8 Å². The van der Waals surface area contributed by atoms with Gasteiger partial charge in [-0.1, -0.05) is 25.5 Å². The van der Waals surface area contributed by atoms with Crippen LogP contribution < -0.4 is 14.8 Å². The maximum absolute atomic E-state index is 5.74. The molecule has 118 valence electrons. The summed E-state index contributed by atoms with van der Waals surface area (Å²) in [4.78, 5) is 0. The fraction of sp³-hybridized carbons (Fsp3) is 0.368. The first kappa shape index (κ1) is 16.2. The van der Waals surface area contributed by atoms with Gasteiger partial charge in [0.05, 0.1) is 13.2 Å². The SMILES string of the molecule is CCCCOc1cccc(CNc2ccc(OCC)cc2)c1. The highest BCUT2D eigenvalue weighted by atomic mass is 16.5. The average molecular weight is 299 g/mol. The van der Waals surface area contributed by atoms with Gasteiger partial charge in [0.15, 0.2) is 0 Å². The lowest BCUT2D eigenvalue weighted by molar-refractivity contribution is 0.309. The third-order valence-corrected chi connectivity index (χ3v) is 3.33. The van der Waals surface area contributed by atoms with Crippen molar-refractivity contribution in [2.24, 2.45) is 0 Å². The second-order valence-corrected chi connectivity index (χ2v) is 5.16. The van der Waals surface area contributed by atoms with Crippen molar-refractivity contribution >= 4 is 5.69 Å². The maximum Gasteiger partial charge on any atom is 0.119 e. The Balaban J connectivity index is 1.86. The summed E-state index contributed by atoms with van der Waals surface area (Å²) in [6.45, 7) is 6.41. The highest BCUT2D eigenvalue weighted by Gasteiger charge is 1.99. The molecule has 2 rings (SSSR count). The molecule has 0 saturated heterocycles. The van der Waals surface area contributed by atoms with Crippen molar-refractivity contribution in [2.75, 3.05) is 18.5 Å². The minimum absolute atomic E-state index is 0.692. The number of anilines is 1. The van der Waals surface area contributed by atoms with E-state index in [1.54, 1.807) is 0 Å². The van der Waals surface area contributed by atoms with Crippen molar-refractivity contribution in [3.63, 3.8) is 0 Å².